The van der Waals surface area contributed by atoms with Gasteiger partial charge in [0.15, 0.2) is 5.58 Å². The zero-order valence-electron chi connectivity index (χ0n) is 14.6. The van der Waals surface area contributed by atoms with Gasteiger partial charge in [-0.05, 0) is 55.5 Å². The molecule has 4 nitrogen and oxygen atoms in total. The van der Waals surface area contributed by atoms with E-state index in [1.165, 1.54) is 12.1 Å². The van der Waals surface area contributed by atoms with Crippen molar-refractivity contribution in [3.05, 3.63) is 53.9 Å². The number of hydrogen-bond donors (Lipinski definition) is 0. The summed E-state index contributed by atoms with van der Waals surface area (Å²) in [6, 6.07) is 8.60. The molecule has 5 rings (SSSR count). The van der Waals surface area contributed by atoms with Crippen LogP contribution in [0.25, 0.3) is 22.2 Å². The first-order valence-electron chi connectivity index (χ1n) is 9.26. The van der Waals surface area contributed by atoms with Gasteiger partial charge in [-0.25, -0.2) is 13.8 Å². The number of fused-ring (bicyclic) bond motifs is 1. The smallest absolute Gasteiger partial charge is 0.226 e. The van der Waals surface area contributed by atoms with Crippen molar-refractivity contribution in [3.8, 4) is 11.1 Å². The predicted octanol–water partition coefficient (Wildman–Crippen LogP) is 4.85. The molecule has 1 atom stereocenters. The summed E-state index contributed by atoms with van der Waals surface area (Å²) < 4.78 is 33.2. The molecule has 1 saturated carbocycles. The molecule has 2 aliphatic rings. The Bertz CT molecular complexity index is 1040. The Morgan fingerprint density at radius 1 is 1.11 bits per heavy atom. The normalized spacial score (nSPS) is 19.8. The Morgan fingerprint density at radius 3 is 2.74 bits per heavy atom. The average molecular weight is 368 g/mol. The number of benzene rings is 2. The van der Waals surface area contributed by atoms with Crippen LogP contribution in [0, 0.1) is 17.6 Å². The highest BCUT2D eigenvalue weighted by molar-refractivity contribution is 5.82. The van der Waals surface area contributed by atoms with Crippen LogP contribution in [-0.4, -0.2) is 22.3 Å². The third-order valence-corrected chi connectivity index (χ3v) is 5.39. The molecule has 0 bridgehead atoms. The van der Waals surface area contributed by atoms with Crippen LogP contribution >= 0.6 is 0 Å². The monoisotopic (exact) mass is 368 g/mol. The number of amides is 1. The number of carbonyl (C=O) groups excluding carboxylic acids is 1. The fourth-order valence-electron chi connectivity index (χ4n) is 3.83. The minimum atomic E-state index is -0.616. The number of nitrogens with zero attached hydrogens (tertiary/aromatic N) is 2. The second-order valence-corrected chi connectivity index (χ2v) is 7.32. The first-order valence-corrected chi connectivity index (χ1v) is 9.26. The molecular weight excluding hydrogens is 350 g/mol. The minimum Gasteiger partial charge on any atom is -0.438 e. The third-order valence-electron chi connectivity index (χ3n) is 5.39. The van der Waals surface area contributed by atoms with Crippen molar-refractivity contribution in [1.29, 1.82) is 0 Å². The molecule has 0 unspecified atom stereocenters. The maximum absolute atomic E-state index is 14.1. The highest BCUT2D eigenvalue weighted by Crippen LogP contribution is 2.39. The lowest BCUT2D eigenvalue weighted by Gasteiger charge is -2.22. The van der Waals surface area contributed by atoms with E-state index >= 15 is 0 Å². The summed E-state index contributed by atoms with van der Waals surface area (Å²) in [5.74, 6) is -0.317. The maximum Gasteiger partial charge on any atom is 0.226 e. The van der Waals surface area contributed by atoms with Gasteiger partial charge >= 0.3 is 0 Å². The van der Waals surface area contributed by atoms with E-state index in [2.05, 4.69) is 4.98 Å². The van der Waals surface area contributed by atoms with Gasteiger partial charge in [-0.1, -0.05) is 6.07 Å². The predicted molar refractivity (Wildman–Crippen MR) is 95.8 cm³/mol. The van der Waals surface area contributed by atoms with Gasteiger partial charge < -0.3 is 9.32 Å². The molecule has 1 amide bonds. The number of aromatic nitrogens is 1. The summed E-state index contributed by atoms with van der Waals surface area (Å²) in [5, 5.41) is 0. The summed E-state index contributed by atoms with van der Waals surface area (Å²) in [5.41, 5.74) is 2.13. The molecule has 3 aromatic rings. The molecule has 1 saturated heterocycles. The van der Waals surface area contributed by atoms with E-state index in [4.69, 9.17) is 4.42 Å². The summed E-state index contributed by atoms with van der Waals surface area (Å²) in [7, 11) is 0. The largest absolute Gasteiger partial charge is 0.438 e. The summed E-state index contributed by atoms with van der Waals surface area (Å²) >= 11 is 0. The number of likely N-dealkylation sites (tertiary alicyclic amines) is 1. The SMILES string of the molecule is O=C(C1CC1)N1CCC[C@H]1c1nc2cc(-c3ccc(F)cc3F)ccc2o1. The van der Waals surface area contributed by atoms with Crippen molar-refractivity contribution in [2.45, 2.75) is 31.7 Å². The van der Waals surface area contributed by atoms with Gasteiger partial charge in [0, 0.05) is 24.1 Å². The topological polar surface area (TPSA) is 46.3 Å². The lowest BCUT2D eigenvalue weighted by Crippen LogP contribution is -2.31. The van der Waals surface area contributed by atoms with Gasteiger partial charge in [-0.2, -0.15) is 0 Å². The van der Waals surface area contributed by atoms with Gasteiger partial charge in [-0.15, -0.1) is 0 Å². The fourth-order valence-corrected chi connectivity index (χ4v) is 3.83. The zero-order chi connectivity index (χ0) is 18.5. The van der Waals surface area contributed by atoms with Crippen LogP contribution < -0.4 is 0 Å². The Balaban J connectivity index is 1.49. The van der Waals surface area contributed by atoms with E-state index < -0.39 is 11.6 Å². The zero-order valence-corrected chi connectivity index (χ0v) is 14.6. The first-order chi connectivity index (χ1) is 13.1. The van der Waals surface area contributed by atoms with Crippen LogP contribution in [0.1, 0.15) is 37.6 Å². The molecule has 1 aliphatic heterocycles. The van der Waals surface area contributed by atoms with E-state index in [9.17, 15) is 13.6 Å². The molecule has 0 N–H and O–H groups in total. The van der Waals surface area contributed by atoms with Gasteiger partial charge in [0.1, 0.15) is 23.2 Å². The number of hydrogen-bond acceptors (Lipinski definition) is 3. The lowest BCUT2D eigenvalue weighted by molar-refractivity contribution is -0.133. The molecule has 0 spiro atoms. The van der Waals surface area contributed by atoms with Crippen molar-refractivity contribution >= 4 is 17.0 Å². The first kappa shape index (κ1) is 16.4. The number of rotatable bonds is 3. The molecule has 6 heteroatoms. The van der Waals surface area contributed by atoms with Crippen molar-refractivity contribution < 1.29 is 18.0 Å². The molecule has 27 heavy (non-hydrogen) atoms. The number of oxazole rings is 1. The van der Waals surface area contributed by atoms with Crippen LogP contribution in [0.4, 0.5) is 8.78 Å². The minimum absolute atomic E-state index is 0.128. The second kappa shape index (κ2) is 6.15. The molecule has 2 heterocycles. The van der Waals surface area contributed by atoms with Gasteiger partial charge in [0.25, 0.3) is 0 Å². The molecule has 138 valence electrons. The van der Waals surface area contributed by atoms with Crippen LogP contribution in [0.2, 0.25) is 0 Å². The molecule has 2 fully saturated rings. The Kier molecular flexibility index (Phi) is 3.74. The Hall–Kier alpha value is -2.76. The highest BCUT2D eigenvalue weighted by Gasteiger charge is 2.40. The molecule has 1 aliphatic carbocycles. The van der Waals surface area contributed by atoms with Crippen molar-refractivity contribution in [2.75, 3.05) is 6.54 Å². The maximum atomic E-state index is 14.1. The van der Waals surface area contributed by atoms with Gasteiger partial charge in [-0.3, -0.25) is 4.79 Å². The quantitative estimate of drug-likeness (QED) is 0.664. The van der Waals surface area contributed by atoms with Crippen molar-refractivity contribution in [3.63, 3.8) is 0 Å². The van der Waals surface area contributed by atoms with Crippen molar-refractivity contribution in [1.82, 2.24) is 9.88 Å². The summed E-state index contributed by atoms with van der Waals surface area (Å²) in [4.78, 5) is 19.0. The summed E-state index contributed by atoms with van der Waals surface area (Å²) in [6.45, 7) is 0.741. The van der Waals surface area contributed by atoms with Crippen LogP contribution in [-0.2, 0) is 4.79 Å². The average Bonchev–Trinajstić information content (AvgIpc) is 3.23. The van der Waals surface area contributed by atoms with Crippen LogP contribution in [0.15, 0.2) is 40.8 Å². The van der Waals surface area contributed by atoms with E-state index in [0.29, 0.717) is 28.1 Å². The van der Waals surface area contributed by atoms with Gasteiger partial charge in [0.2, 0.25) is 11.8 Å². The highest BCUT2D eigenvalue weighted by atomic mass is 19.1. The van der Waals surface area contributed by atoms with E-state index in [0.717, 1.165) is 38.3 Å². The molecule has 2 aromatic carbocycles. The van der Waals surface area contributed by atoms with E-state index in [1.807, 2.05) is 4.90 Å². The molecular formula is C21H18F2N2O2. The Labute approximate surface area is 154 Å². The molecule has 1 aromatic heterocycles. The third kappa shape index (κ3) is 2.89. The standard InChI is InChI=1S/C21H18F2N2O2/c22-14-6-7-15(16(23)11-14)13-5-8-19-17(10-13)24-20(27-19)18-2-1-9-25(18)21(26)12-3-4-12/h5-8,10-12,18H,1-4,9H2/t18-/m0/s1. The van der Waals surface area contributed by atoms with Crippen molar-refractivity contribution in [2.24, 2.45) is 5.92 Å². The second-order valence-electron chi connectivity index (χ2n) is 7.32. The fraction of sp³-hybridized carbons (Fsp3) is 0.333. The summed E-state index contributed by atoms with van der Waals surface area (Å²) in [6.07, 6.45) is 3.73. The lowest BCUT2D eigenvalue weighted by atomic mass is 10.0. The van der Waals surface area contributed by atoms with E-state index in [-0.39, 0.29) is 17.9 Å². The number of halogens is 2. The molecule has 0 radical (unpaired) electrons. The van der Waals surface area contributed by atoms with E-state index in [1.54, 1.807) is 18.2 Å². The Morgan fingerprint density at radius 2 is 1.96 bits per heavy atom. The number of carbonyl (C=O) groups is 1. The van der Waals surface area contributed by atoms with Crippen LogP contribution in [0.5, 0.6) is 0 Å². The van der Waals surface area contributed by atoms with Crippen LogP contribution in [0.3, 0.4) is 0 Å². The van der Waals surface area contributed by atoms with Gasteiger partial charge in [0.05, 0.1) is 0 Å².